The monoisotopic (exact) mass is 565 g/mol. The highest BCUT2D eigenvalue weighted by atomic mass is 31.2. The van der Waals surface area contributed by atoms with E-state index in [4.69, 9.17) is 14.2 Å². The summed E-state index contributed by atoms with van der Waals surface area (Å²) in [5, 5.41) is 28.2. The number of aromatic nitrogens is 4. The van der Waals surface area contributed by atoms with Crippen LogP contribution in [0.1, 0.15) is 64.4 Å². The molecule has 0 bridgehead atoms. The van der Waals surface area contributed by atoms with Crippen molar-refractivity contribution in [1.82, 2.24) is 19.7 Å². The Hall–Kier alpha value is -2.14. The SMILES string of the molecule is COCC(C)(OC[C@H]1O[C@@H](n2ncc3c(NC4CCCC4)nc(C#CC4(C)CC4)nc32)[C@H](O)[C@@H]1O)P(=O)(O)O. The Morgan fingerprint density at radius 1 is 1.26 bits per heavy atom. The molecule has 5 rings (SSSR count). The number of rotatable bonds is 9. The van der Waals surface area contributed by atoms with Gasteiger partial charge in [-0.05, 0) is 45.5 Å². The molecule has 2 saturated carbocycles. The summed E-state index contributed by atoms with van der Waals surface area (Å²) < 4.78 is 29.7. The van der Waals surface area contributed by atoms with E-state index in [0.717, 1.165) is 38.5 Å². The molecule has 0 amide bonds. The van der Waals surface area contributed by atoms with Crippen molar-refractivity contribution in [1.29, 1.82) is 0 Å². The van der Waals surface area contributed by atoms with Gasteiger partial charge in [0.1, 0.15) is 24.1 Å². The van der Waals surface area contributed by atoms with Crippen LogP contribution in [0.5, 0.6) is 0 Å². The van der Waals surface area contributed by atoms with Crippen molar-refractivity contribution >= 4 is 24.4 Å². The normalized spacial score (nSPS) is 28.3. The zero-order valence-electron chi connectivity index (χ0n) is 22.3. The van der Waals surface area contributed by atoms with Crippen LogP contribution in [0, 0.1) is 17.3 Å². The first-order valence-electron chi connectivity index (χ1n) is 13.2. The second-order valence-electron chi connectivity index (χ2n) is 11.2. The van der Waals surface area contributed by atoms with E-state index >= 15 is 0 Å². The minimum Gasteiger partial charge on any atom is -0.387 e. The van der Waals surface area contributed by atoms with Gasteiger partial charge in [-0.3, -0.25) is 4.57 Å². The Morgan fingerprint density at radius 2 is 1.97 bits per heavy atom. The number of nitrogens with zero attached hydrogens (tertiary/aromatic N) is 4. The fourth-order valence-electron chi connectivity index (χ4n) is 4.87. The van der Waals surface area contributed by atoms with E-state index in [-0.39, 0.29) is 18.1 Å². The summed E-state index contributed by atoms with van der Waals surface area (Å²) in [6.07, 6.45) is 2.95. The number of hydrogen-bond donors (Lipinski definition) is 5. The Balaban J connectivity index is 1.43. The Labute approximate surface area is 226 Å². The van der Waals surface area contributed by atoms with Crippen LogP contribution in [0.15, 0.2) is 6.20 Å². The van der Waals surface area contributed by atoms with Gasteiger partial charge in [0.25, 0.3) is 0 Å². The highest BCUT2D eigenvalue weighted by Crippen LogP contribution is 2.51. The topological polar surface area (TPSA) is 181 Å². The predicted molar refractivity (Wildman–Crippen MR) is 140 cm³/mol. The molecule has 3 heterocycles. The minimum absolute atomic E-state index is 0.0237. The molecule has 0 aromatic carbocycles. The Kier molecular flexibility index (Phi) is 7.78. The summed E-state index contributed by atoms with van der Waals surface area (Å²) in [6.45, 7) is 2.52. The number of aliphatic hydroxyl groups excluding tert-OH is 2. The second-order valence-corrected chi connectivity index (χ2v) is 13.2. The minimum atomic E-state index is -4.73. The average molecular weight is 566 g/mol. The lowest BCUT2D eigenvalue weighted by atomic mass is 10.1. The van der Waals surface area contributed by atoms with Gasteiger partial charge in [0.2, 0.25) is 5.82 Å². The molecule has 1 aliphatic heterocycles. The maximum Gasteiger partial charge on any atom is 0.359 e. The maximum absolute atomic E-state index is 12.0. The summed E-state index contributed by atoms with van der Waals surface area (Å²) in [5.74, 6) is 7.27. The molecule has 14 heteroatoms. The van der Waals surface area contributed by atoms with Gasteiger partial charge < -0.3 is 39.5 Å². The molecule has 1 saturated heterocycles. The van der Waals surface area contributed by atoms with Gasteiger partial charge >= 0.3 is 7.60 Å². The van der Waals surface area contributed by atoms with Gasteiger partial charge in [0.05, 0.1) is 24.8 Å². The number of hydrogen-bond acceptors (Lipinski definition) is 10. The third kappa shape index (κ3) is 5.85. The number of anilines is 1. The summed E-state index contributed by atoms with van der Waals surface area (Å²) in [7, 11) is -3.44. The van der Waals surface area contributed by atoms with E-state index in [1.165, 1.54) is 18.7 Å². The van der Waals surface area contributed by atoms with E-state index in [2.05, 4.69) is 39.1 Å². The summed E-state index contributed by atoms with van der Waals surface area (Å²) in [4.78, 5) is 28.8. The highest BCUT2D eigenvalue weighted by molar-refractivity contribution is 7.53. The number of ether oxygens (including phenoxy) is 3. The third-order valence-electron chi connectivity index (χ3n) is 7.79. The van der Waals surface area contributed by atoms with Crippen LogP contribution in [0.2, 0.25) is 0 Å². The lowest BCUT2D eigenvalue weighted by molar-refractivity contribution is -0.107. The van der Waals surface area contributed by atoms with Gasteiger partial charge in [0, 0.05) is 18.6 Å². The van der Waals surface area contributed by atoms with Crippen molar-refractivity contribution in [2.45, 2.75) is 88.3 Å². The van der Waals surface area contributed by atoms with Gasteiger partial charge in [-0.15, -0.1) is 0 Å². The standard InChI is InChI=1S/C25H36N5O8P/c1-24(10-11-24)9-8-18-28-21(27-15-6-4-5-7-15)16-12-26-30(22(16)29-18)23-20(32)19(31)17(38-23)13-37-25(2,14-36-3)39(33,34)35/h12,15,17,19-20,23,31-32H,4-7,10-11,13-14H2,1-3H3,(H,27,28,29)(H2,33,34,35)/t17-,19-,20-,23-,25?/m1/s1. The first kappa shape index (κ1) is 28.4. The largest absolute Gasteiger partial charge is 0.387 e. The number of methoxy groups -OCH3 is 1. The van der Waals surface area contributed by atoms with Crippen molar-refractivity contribution in [3.8, 4) is 11.8 Å². The molecule has 3 aliphatic rings. The molecule has 0 radical (unpaired) electrons. The van der Waals surface area contributed by atoms with Crippen LogP contribution in [-0.2, 0) is 18.8 Å². The molecule has 5 N–H and O–H groups in total. The lowest BCUT2D eigenvalue weighted by Crippen LogP contribution is -2.40. The van der Waals surface area contributed by atoms with Crippen LogP contribution in [0.3, 0.4) is 0 Å². The maximum atomic E-state index is 12.0. The van der Waals surface area contributed by atoms with Crippen molar-refractivity contribution in [2.24, 2.45) is 5.41 Å². The molecule has 39 heavy (non-hydrogen) atoms. The summed E-state index contributed by atoms with van der Waals surface area (Å²) >= 11 is 0. The predicted octanol–water partition coefficient (Wildman–Crippen LogP) is 1.51. The fraction of sp³-hybridized carbons (Fsp3) is 0.720. The average Bonchev–Trinajstić information content (AvgIpc) is 3.20. The van der Waals surface area contributed by atoms with Gasteiger partial charge in [-0.1, -0.05) is 18.8 Å². The number of fused-ring (bicyclic) bond motifs is 1. The van der Waals surface area contributed by atoms with Crippen molar-refractivity contribution in [2.75, 3.05) is 25.6 Å². The molecule has 0 spiro atoms. The molecule has 5 atom stereocenters. The van der Waals surface area contributed by atoms with Crippen LogP contribution >= 0.6 is 7.60 Å². The zero-order chi connectivity index (χ0) is 28.0. The van der Waals surface area contributed by atoms with E-state index in [1.807, 2.05) is 0 Å². The number of nitrogens with one attached hydrogen (secondary N) is 1. The Morgan fingerprint density at radius 3 is 2.62 bits per heavy atom. The third-order valence-corrected chi connectivity index (χ3v) is 9.28. The zero-order valence-corrected chi connectivity index (χ0v) is 23.2. The van der Waals surface area contributed by atoms with Crippen LogP contribution in [-0.4, -0.2) is 89.8 Å². The van der Waals surface area contributed by atoms with E-state index in [1.54, 1.807) is 6.20 Å². The van der Waals surface area contributed by atoms with Gasteiger partial charge in [-0.25, -0.2) is 14.6 Å². The van der Waals surface area contributed by atoms with E-state index in [0.29, 0.717) is 22.7 Å². The molecule has 1 unspecified atom stereocenters. The lowest BCUT2D eigenvalue weighted by Gasteiger charge is -2.31. The molecule has 13 nitrogen and oxygen atoms in total. The Bertz CT molecular complexity index is 1310. The van der Waals surface area contributed by atoms with Crippen LogP contribution < -0.4 is 5.32 Å². The molecular formula is C25H36N5O8P. The van der Waals surface area contributed by atoms with E-state index in [9.17, 15) is 24.6 Å². The summed E-state index contributed by atoms with van der Waals surface area (Å²) in [6, 6.07) is 0.278. The first-order valence-corrected chi connectivity index (χ1v) is 14.8. The van der Waals surface area contributed by atoms with Crippen molar-refractivity contribution in [3.63, 3.8) is 0 Å². The molecular weight excluding hydrogens is 529 g/mol. The molecule has 3 fully saturated rings. The second kappa shape index (κ2) is 10.7. The highest BCUT2D eigenvalue weighted by Gasteiger charge is 2.49. The van der Waals surface area contributed by atoms with Crippen molar-refractivity contribution in [3.05, 3.63) is 12.0 Å². The number of aliphatic hydroxyl groups is 2. The van der Waals surface area contributed by atoms with Gasteiger partial charge in [-0.2, -0.15) is 5.10 Å². The summed E-state index contributed by atoms with van der Waals surface area (Å²) in [5.41, 5.74) is 0.359. The molecule has 2 aromatic rings. The molecule has 214 valence electrons. The van der Waals surface area contributed by atoms with Crippen LogP contribution in [0.4, 0.5) is 5.82 Å². The smallest absolute Gasteiger partial charge is 0.359 e. The fourth-order valence-corrected chi connectivity index (χ4v) is 5.41. The molecule has 2 aromatic heterocycles. The van der Waals surface area contributed by atoms with Gasteiger partial charge in [0.15, 0.2) is 17.2 Å². The van der Waals surface area contributed by atoms with Crippen LogP contribution in [0.25, 0.3) is 11.0 Å². The first-order chi connectivity index (χ1) is 18.4. The quantitative estimate of drug-likeness (QED) is 0.219. The van der Waals surface area contributed by atoms with E-state index < -0.39 is 44.1 Å². The molecule has 2 aliphatic carbocycles. The van der Waals surface area contributed by atoms with Crippen molar-refractivity contribution < 1.29 is 38.8 Å².